The fourth-order valence-corrected chi connectivity index (χ4v) is 2.03. The van der Waals surface area contributed by atoms with Crippen LogP contribution >= 0.6 is 0 Å². The summed E-state index contributed by atoms with van der Waals surface area (Å²) in [6, 6.07) is 7.48. The molecule has 4 nitrogen and oxygen atoms in total. The topological polar surface area (TPSA) is 64.3 Å². The van der Waals surface area contributed by atoms with Crippen molar-refractivity contribution in [2.45, 2.75) is 12.0 Å². The molecule has 1 aliphatic heterocycles. The van der Waals surface area contributed by atoms with Crippen LogP contribution in [0.2, 0.25) is 0 Å². The molecule has 0 saturated carbocycles. The van der Waals surface area contributed by atoms with Gasteiger partial charge in [-0.15, -0.1) is 0 Å². The first-order chi connectivity index (χ1) is 7.20. The highest BCUT2D eigenvalue weighted by atomic mass is 16.5. The second-order valence-electron chi connectivity index (χ2n) is 3.61. The zero-order chi connectivity index (χ0) is 10.9. The number of rotatable bonds is 2. The van der Waals surface area contributed by atoms with E-state index in [4.69, 9.17) is 10.5 Å². The van der Waals surface area contributed by atoms with Gasteiger partial charge < -0.3 is 15.8 Å². The Morgan fingerprint density at radius 3 is 2.93 bits per heavy atom. The Morgan fingerprint density at radius 2 is 2.27 bits per heavy atom. The summed E-state index contributed by atoms with van der Waals surface area (Å²) >= 11 is 0. The first kappa shape index (κ1) is 9.98. The fourth-order valence-electron chi connectivity index (χ4n) is 2.03. The third-order valence-electron chi connectivity index (χ3n) is 2.93. The Hall–Kier alpha value is -1.55. The van der Waals surface area contributed by atoms with Crippen molar-refractivity contribution in [1.82, 2.24) is 5.32 Å². The number of hydrogen-bond donors (Lipinski definition) is 2. The number of hydrogen-bond acceptors (Lipinski definition) is 3. The molecule has 0 fully saturated rings. The van der Waals surface area contributed by atoms with Gasteiger partial charge in [0.25, 0.3) is 0 Å². The second-order valence-corrected chi connectivity index (χ2v) is 3.61. The standard InChI is InChI=1S/C11H14N2O2/c1-13-11(10(12)14)6-7-15-9-5-3-2-4-8(9)11/h2-5,13H,6-7H2,1H3,(H2,12,14). The Bertz CT molecular complexity index is 392. The molecule has 1 aromatic rings. The number of amides is 1. The van der Waals surface area contributed by atoms with Crippen LogP contribution < -0.4 is 15.8 Å². The summed E-state index contributed by atoms with van der Waals surface area (Å²) in [5.41, 5.74) is 5.51. The lowest BCUT2D eigenvalue weighted by Crippen LogP contribution is -2.53. The lowest BCUT2D eigenvalue weighted by Gasteiger charge is -2.35. The van der Waals surface area contributed by atoms with Crippen LogP contribution in [0.5, 0.6) is 5.75 Å². The molecule has 1 amide bonds. The van der Waals surface area contributed by atoms with Gasteiger partial charge in [-0.2, -0.15) is 0 Å². The monoisotopic (exact) mass is 206 g/mol. The predicted octanol–water partition coefficient (Wildman–Crippen LogP) is 0.369. The maximum Gasteiger partial charge on any atom is 0.242 e. The molecule has 1 aromatic carbocycles. The minimum Gasteiger partial charge on any atom is -0.493 e. The van der Waals surface area contributed by atoms with Crippen molar-refractivity contribution in [1.29, 1.82) is 0 Å². The molecule has 0 radical (unpaired) electrons. The molecular formula is C11H14N2O2. The third-order valence-corrected chi connectivity index (χ3v) is 2.93. The molecule has 0 aromatic heterocycles. The zero-order valence-electron chi connectivity index (χ0n) is 8.62. The minimum absolute atomic E-state index is 0.360. The summed E-state index contributed by atoms with van der Waals surface area (Å²) in [5.74, 6) is 0.373. The highest BCUT2D eigenvalue weighted by Gasteiger charge is 2.41. The number of primary amides is 1. The van der Waals surface area contributed by atoms with Gasteiger partial charge >= 0.3 is 0 Å². The number of benzene rings is 1. The first-order valence-electron chi connectivity index (χ1n) is 4.92. The number of fused-ring (bicyclic) bond motifs is 1. The molecule has 0 saturated heterocycles. The molecule has 4 heteroatoms. The van der Waals surface area contributed by atoms with E-state index in [0.29, 0.717) is 13.0 Å². The Morgan fingerprint density at radius 1 is 1.53 bits per heavy atom. The van der Waals surface area contributed by atoms with Gasteiger partial charge in [-0.05, 0) is 13.1 Å². The quantitative estimate of drug-likeness (QED) is 0.734. The lowest BCUT2D eigenvalue weighted by atomic mass is 9.84. The van der Waals surface area contributed by atoms with E-state index in [2.05, 4.69) is 5.32 Å². The van der Waals surface area contributed by atoms with Crippen LogP contribution in [0.4, 0.5) is 0 Å². The molecule has 1 atom stereocenters. The van der Waals surface area contributed by atoms with Crippen molar-refractivity contribution in [2.24, 2.45) is 5.73 Å². The maximum absolute atomic E-state index is 11.6. The Kier molecular flexibility index (Phi) is 2.36. The van der Waals surface area contributed by atoms with Gasteiger partial charge in [0.05, 0.1) is 6.61 Å². The normalized spacial score (nSPS) is 24.1. The van der Waals surface area contributed by atoms with Gasteiger partial charge in [-0.25, -0.2) is 0 Å². The van der Waals surface area contributed by atoms with Crippen LogP contribution in [0.25, 0.3) is 0 Å². The fraction of sp³-hybridized carbons (Fsp3) is 0.364. The van der Waals surface area contributed by atoms with Gasteiger partial charge in [0.2, 0.25) is 5.91 Å². The molecular weight excluding hydrogens is 192 g/mol. The van der Waals surface area contributed by atoms with Crippen molar-refractivity contribution < 1.29 is 9.53 Å². The van der Waals surface area contributed by atoms with E-state index < -0.39 is 5.54 Å². The summed E-state index contributed by atoms with van der Waals surface area (Å²) in [4.78, 5) is 11.6. The van der Waals surface area contributed by atoms with Crippen molar-refractivity contribution in [3.8, 4) is 5.75 Å². The molecule has 2 rings (SSSR count). The van der Waals surface area contributed by atoms with Gasteiger partial charge in [-0.1, -0.05) is 18.2 Å². The number of carbonyl (C=O) groups is 1. The number of ether oxygens (including phenoxy) is 1. The van der Waals surface area contributed by atoms with Crippen LogP contribution in [0.3, 0.4) is 0 Å². The molecule has 0 aliphatic carbocycles. The van der Waals surface area contributed by atoms with E-state index in [1.54, 1.807) is 7.05 Å². The third kappa shape index (κ3) is 1.37. The molecule has 0 spiro atoms. The van der Waals surface area contributed by atoms with E-state index in [1.807, 2.05) is 24.3 Å². The van der Waals surface area contributed by atoms with Crippen LogP contribution in [-0.2, 0) is 10.3 Å². The number of para-hydroxylation sites is 1. The summed E-state index contributed by atoms with van der Waals surface area (Å²) in [7, 11) is 1.74. The smallest absolute Gasteiger partial charge is 0.242 e. The highest BCUT2D eigenvalue weighted by molar-refractivity contribution is 5.87. The van der Waals surface area contributed by atoms with E-state index >= 15 is 0 Å². The number of nitrogens with one attached hydrogen (secondary N) is 1. The molecule has 0 bridgehead atoms. The molecule has 1 unspecified atom stereocenters. The van der Waals surface area contributed by atoms with Crippen LogP contribution in [0, 0.1) is 0 Å². The summed E-state index contributed by atoms with van der Waals surface area (Å²) < 4.78 is 5.48. The highest BCUT2D eigenvalue weighted by Crippen LogP contribution is 2.36. The first-order valence-corrected chi connectivity index (χ1v) is 4.92. The maximum atomic E-state index is 11.6. The predicted molar refractivity (Wildman–Crippen MR) is 56.5 cm³/mol. The van der Waals surface area contributed by atoms with Crippen LogP contribution in [0.15, 0.2) is 24.3 Å². The van der Waals surface area contributed by atoms with Gasteiger partial charge in [0.15, 0.2) is 0 Å². The van der Waals surface area contributed by atoms with E-state index in [-0.39, 0.29) is 5.91 Å². The second kappa shape index (κ2) is 3.55. The van der Waals surface area contributed by atoms with E-state index in [1.165, 1.54) is 0 Å². The number of carbonyl (C=O) groups excluding carboxylic acids is 1. The Labute approximate surface area is 88.4 Å². The van der Waals surface area contributed by atoms with Crippen molar-refractivity contribution in [2.75, 3.05) is 13.7 Å². The number of nitrogens with two attached hydrogens (primary N) is 1. The average molecular weight is 206 g/mol. The molecule has 1 heterocycles. The minimum atomic E-state index is -0.783. The lowest BCUT2D eigenvalue weighted by molar-refractivity contribution is -0.125. The average Bonchev–Trinajstić information content (AvgIpc) is 2.28. The SMILES string of the molecule is CNC1(C(N)=O)CCOc2ccccc21. The van der Waals surface area contributed by atoms with Crippen LogP contribution in [0.1, 0.15) is 12.0 Å². The van der Waals surface area contributed by atoms with E-state index in [0.717, 1.165) is 11.3 Å². The zero-order valence-corrected chi connectivity index (χ0v) is 8.62. The van der Waals surface area contributed by atoms with Crippen molar-refractivity contribution in [3.05, 3.63) is 29.8 Å². The van der Waals surface area contributed by atoms with E-state index in [9.17, 15) is 4.79 Å². The number of likely N-dealkylation sites (N-methyl/N-ethyl adjacent to an activating group) is 1. The molecule has 1 aliphatic rings. The Balaban J connectivity index is 2.57. The summed E-state index contributed by atoms with van der Waals surface area (Å²) in [6.45, 7) is 0.501. The van der Waals surface area contributed by atoms with Crippen LogP contribution in [-0.4, -0.2) is 19.6 Å². The summed E-state index contributed by atoms with van der Waals surface area (Å²) in [5, 5.41) is 3.02. The summed E-state index contributed by atoms with van der Waals surface area (Å²) in [6.07, 6.45) is 0.565. The van der Waals surface area contributed by atoms with Crippen molar-refractivity contribution in [3.63, 3.8) is 0 Å². The molecule has 80 valence electrons. The van der Waals surface area contributed by atoms with Crippen molar-refractivity contribution >= 4 is 5.91 Å². The van der Waals surface area contributed by atoms with Gasteiger partial charge in [0, 0.05) is 12.0 Å². The largest absolute Gasteiger partial charge is 0.493 e. The molecule has 15 heavy (non-hydrogen) atoms. The van der Waals surface area contributed by atoms with Gasteiger partial charge in [-0.3, -0.25) is 4.79 Å². The van der Waals surface area contributed by atoms with Gasteiger partial charge in [0.1, 0.15) is 11.3 Å². The molecule has 3 N–H and O–H groups in total.